The third-order valence-electron chi connectivity index (χ3n) is 4.35. The Morgan fingerprint density at radius 1 is 1.23 bits per heavy atom. The summed E-state index contributed by atoms with van der Waals surface area (Å²) in [4.78, 5) is 4.27. The minimum absolute atomic E-state index is 0.511. The van der Waals surface area contributed by atoms with Gasteiger partial charge in [0.25, 0.3) is 0 Å². The summed E-state index contributed by atoms with van der Waals surface area (Å²) in [7, 11) is -1.23. The fourth-order valence-corrected chi connectivity index (χ4v) is 5.00. The van der Waals surface area contributed by atoms with E-state index in [4.69, 9.17) is 0 Å². The topological polar surface area (TPSA) is 73.8 Å². The highest BCUT2D eigenvalue weighted by Crippen LogP contribution is 2.25. The van der Waals surface area contributed by atoms with Crippen LogP contribution in [0.5, 0.6) is 0 Å². The van der Waals surface area contributed by atoms with Gasteiger partial charge in [-0.05, 0) is 37.4 Å². The predicted octanol–water partition coefficient (Wildman–Crippen LogP) is 0.719. The highest BCUT2D eigenvalue weighted by Gasteiger charge is 2.24. The average molecular weight is 349 g/mol. The maximum Gasteiger partial charge on any atom is 0.211 e. The Morgan fingerprint density at radius 3 is 2.45 bits per heavy atom. The van der Waals surface area contributed by atoms with Crippen molar-refractivity contribution >= 4 is 27.7 Å². The molecule has 128 valence electrons. The van der Waals surface area contributed by atoms with Crippen LogP contribution >= 0.6 is 11.8 Å². The standard InChI is InChI=1S/C14H28N4O2S2/c1-15-14(17-11-13-4-3-9-21-13)16-10-12-5-7-18(8-6-12)22(2,19)20/h12-13H,3-11H2,1-2H3,(H2,15,16,17). The van der Waals surface area contributed by atoms with Gasteiger partial charge in [0.1, 0.15) is 0 Å². The van der Waals surface area contributed by atoms with Gasteiger partial charge in [-0.15, -0.1) is 0 Å². The van der Waals surface area contributed by atoms with E-state index in [1.807, 2.05) is 11.8 Å². The number of hydrogen-bond donors (Lipinski definition) is 2. The van der Waals surface area contributed by atoms with Gasteiger partial charge in [-0.25, -0.2) is 12.7 Å². The Balaban J connectivity index is 1.66. The van der Waals surface area contributed by atoms with Crippen LogP contribution in [0.15, 0.2) is 4.99 Å². The summed E-state index contributed by atoms with van der Waals surface area (Å²) < 4.78 is 24.6. The molecule has 0 radical (unpaired) electrons. The number of nitrogens with one attached hydrogen (secondary N) is 2. The molecule has 0 aliphatic carbocycles. The zero-order valence-electron chi connectivity index (χ0n) is 13.5. The predicted molar refractivity (Wildman–Crippen MR) is 94.0 cm³/mol. The molecule has 1 unspecified atom stereocenters. The van der Waals surface area contributed by atoms with Crippen LogP contribution in [0, 0.1) is 5.92 Å². The average Bonchev–Trinajstić information content (AvgIpc) is 3.00. The first-order valence-electron chi connectivity index (χ1n) is 8.00. The Hall–Kier alpha value is -0.470. The maximum absolute atomic E-state index is 11.5. The van der Waals surface area contributed by atoms with Crippen molar-refractivity contribution in [2.45, 2.75) is 30.9 Å². The third-order valence-corrected chi connectivity index (χ3v) is 7.05. The van der Waals surface area contributed by atoms with Crippen molar-refractivity contribution in [3.8, 4) is 0 Å². The molecule has 0 bridgehead atoms. The van der Waals surface area contributed by atoms with Crippen LogP contribution in [0.1, 0.15) is 25.7 Å². The molecule has 2 saturated heterocycles. The first-order chi connectivity index (χ1) is 10.5. The van der Waals surface area contributed by atoms with E-state index >= 15 is 0 Å². The number of guanidine groups is 1. The quantitative estimate of drug-likeness (QED) is 0.566. The minimum Gasteiger partial charge on any atom is -0.356 e. The van der Waals surface area contributed by atoms with Crippen molar-refractivity contribution in [2.75, 3.05) is 45.2 Å². The van der Waals surface area contributed by atoms with Gasteiger partial charge < -0.3 is 10.6 Å². The summed E-state index contributed by atoms with van der Waals surface area (Å²) >= 11 is 2.04. The fourth-order valence-electron chi connectivity index (χ4n) is 2.92. The molecule has 0 saturated carbocycles. The summed E-state index contributed by atoms with van der Waals surface area (Å²) in [6.07, 6.45) is 5.73. The van der Waals surface area contributed by atoms with Gasteiger partial charge in [0.05, 0.1) is 6.26 Å². The molecule has 8 heteroatoms. The second-order valence-electron chi connectivity index (χ2n) is 6.07. The molecule has 2 aliphatic heterocycles. The first-order valence-corrected chi connectivity index (χ1v) is 10.9. The van der Waals surface area contributed by atoms with Crippen molar-refractivity contribution in [3.63, 3.8) is 0 Å². The summed E-state index contributed by atoms with van der Waals surface area (Å²) in [5, 5.41) is 7.48. The summed E-state index contributed by atoms with van der Waals surface area (Å²) in [6.45, 7) is 3.10. The van der Waals surface area contributed by atoms with Crippen molar-refractivity contribution in [3.05, 3.63) is 0 Å². The van der Waals surface area contributed by atoms with Gasteiger partial charge in [-0.3, -0.25) is 4.99 Å². The van der Waals surface area contributed by atoms with E-state index in [0.717, 1.165) is 31.9 Å². The Labute approximate surface area is 138 Å². The molecule has 22 heavy (non-hydrogen) atoms. The first kappa shape index (κ1) is 17.9. The molecule has 0 aromatic rings. The van der Waals surface area contributed by atoms with Crippen LogP contribution in [-0.2, 0) is 10.0 Å². The van der Waals surface area contributed by atoms with E-state index < -0.39 is 10.0 Å². The Bertz CT molecular complexity index is 467. The Morgan fingerprint density at radius 2 is 1.91 bits per heavy atom. The van der Waals surface area contributed by atoms with E-state index in [9.17, 15) is 8.42 Å². The van der Waals surface area contributed by atoms with E-state index in [1.165, 1.54) is 24.9 Å². The number of rotatable bonds is 5. The third kappa shape index (κ3) is 5.62. The highest BCUT2D eigenvalue weighted by atomic mass is 32.2. The molecule has 0 aromatic heterocycles. The van der Waals surface area contributed by atoms with E-state index in [-0.39, 0.29) is 0 Å². The number of hydrogen-bond acceptors (Lipinski definition) is 4. The second-order valence-corrected chi connectivity index (χ2v) is 9.47. The second kappa shape index (κ2) is 8.40. The molecule has 2 heterocycles. The van der Waals surface area contributed by atoms with Crippen LogP contribution in [-0.4, -0.2) is 69.2 Å². The van der Waals surface area contributed by atoms with Crippen molar-refractivity contribution in [1.29, 1.82) is 0 Å². The van der Waals surface area contributed by atoms with Crippen molar-refractivity contribution in [1.82, 2.24) is 14.9 Å². The number of aliphatic imine (C=N–C) groups is 1. The molecule has 2 fully saturated rings. The van der Waals surface area contributed by atoms with E-state index in [1.54, 1.807) is 11.4 Å². The molecule has 1 atom stereocenters. The van der Waals surface area contributed by atoms with Gasteiger partial charge in [-0.1, -0.05) is 0 Å². The van der Waals surface area contributed by atoms with Crippen LogP contribution in [0.4, 0.5) is 0 Å². The van der Waals surface area contributed by atoms with E-state index in [0.29, 0.717) is 24.3 Å². The summed E-state index contributed by atoms with van der Waals surface area (Å²) in [5.41, 5.74) is 0. The molecule has 6 nitrogen and oxygen atoms in total. The highest BCUT2D eigenvalue weighted by molar-refractivity contribution is 8.00. The van der Waals surface area contributed by atoms with Crippen molar-refractivity contribution < 1.29 is 8.42 Å². The normalized spacial score (nSPS) is 25.4. The monoisotopic (exact) mass is 348 g/mol. The molecule has 2 rings (SSSR count). The minimum atomic E-state index is -3.03. The van der Waals surface area contributed by atoms with Gasteiger partial charge in [0.2, 0.25) is 10.0 Å². The van der Waals surface area contributed by atoms with Crippen LogP contribution in [0.25, 0.3) is 0 Å². The molecule has 0 spiro atoms. The lowest BCUT2D eigenvalue weighted by atomic mass is 9.98. The molecular formula is C14H28N4O2S2. The zero-order valence-corrected chi connectivity index (χ0v) is 15.2. The van der Waals surface area contributed by atoms with Gasteiger partial charge in [0.15, 0.2) is 5.96 Å². The zero-order chi connectivity index (χ0) is 16.0. The molecular weight excluding hydrogens is 320 g/mol. The fraction of sp³-hybridized carbons (Fsp3) is 0.929. The largest absolute Gasteiger partial charge is 0.356 e. The smallest absolute Gasteiger partial charge is 0.211 e. The van der Waals surface area contributed by atoms with Crippen molar-refractivity contribution in [2.24, 2.45) is 10.9 Å². The van der Waals surface area contributed by atoms with Gasteiger partial charge in [-0.2, -0.15) is 11.8 Å². The van der Waals surface area contributed by atoms with Crippen LogP contribution in [0.3, 0.4) is 0 Å². The SMILES string of the molecule is CN=C(NCC1CCN(S(C)(=O)=O)CC1)NCC1CCCS1. The van der Waals surface area contributed by atoms with Gasteiger partial charge in [0, 0.05) is 38.5 Å². The Kier molecular flexibility index (Phi) is 6.83. The number of thioether (sulfide) groups is 1. The molecule has 0 aromatic carbocycles. The summed E-state index contributed by atoms with van der Waals surface area (Å²) in [6, 6.07) is 0. The lowest BCUT2D eigenvalue weighted by molar-refractivity contribution is 0.275. The number of nitrogens with zero attached hydrogens (tertiary/aromatic N) is 2. The van der Waals surface area contributed by atoms with Gasteiger partial charge >= 0.3 is 0 Å². The molecule has 0 amide bonds. The number of sulfonamides is 1. The maximum atomic E-state index is 11.5. The lowest BCUT2D eigenvalue weighted by Gasteiger charge is -2.30. The van der Waals surface area contributed by atoms with Crippen LogP contribution in [0.2, 0.25) is 0 Å². The van der Waals surface area contributed by atoms with E-state index in [2.05, 4.69) is 15.6 Å². The van der Waals surface area contributed by atoms with Crippen LogP contribution < -0.4 is 10.6 Å². The molecule has 2 aliphatic rings. The lowest BCUT2D eigenvalue weighted by Crippen LogP contribution is -2.45. The number of piperidine rings is 1. The molecule has 2 N–H and O–H groups in total. The summed E-state index contributed by atoms with van der Waals surface area (Å²) in [5.74, 6) is 2.65.